The average molecular weight is 392 g/mol. The molecule has 0 bridgehead atoms. The molecule has 1 saturated heterocycles. The molecule has 6 heteroatoms. The maximum absolute atomic E-state index is 13.1. The summed E-state index contributed by atoms with van der Waals surface area (Å²) in [4.78, 5) is 12.5. The van der Waals surface area contributed by atoms with Gasteiger partial charge in [0.15, 0.2) is 0 Å². The van der Waals surface area contributed by atoms with Crippen LogP contribution < -0.4 is 0 Å². The zero-order chi connectivity index (χ0) is 20.2. The Morgan fingerprint density at radius 3 is 2.41 bits per heavy atom. The van der Waals surface area contributed by atoms with Crippen molar-refractivity contribution in [1.29, 1.82) is 0 Å². The number of sulfonamides is 1. The number of aryl methyl sites for hydroxylation is 1. The highest BCUT2D eigenvalue weighted by Crippen LogP contribution is 2.35. The minimum absolute atomic E-state index is 0.0743. The van der Waals surface area contributed by atoms with Gasteiger partial charge in [0.25, 0.3) is 0 Å². The van der Waals surface area contributed by atoms with Crippen LogP contribution in [0.4, 0.5) is 0 Å². The molecule has 3 atom stereocenters. The molecule has 0 spiro atoms. The molecular weight excluding hydrogens is 362 g/mol. The zero-order valence-corrected chi connectivity index (χ0v) is 17.3. The number of allylic oxidation sites excluding steroid dienone is 1. The largest absolute Gasteiger partial charge is 0.469 e. The number of ether oxygens (including phenoxy) is 1. The van der Waals surface area contributed by atoms with Gasteiger partial charge in [0.05, 0.1) is 17.9 Å². The van der Waals surface area contributed by atoms with Crippen molar-refractivity contribution in [3.63, 3.8) is 0 Å². The molecule has 0 aliphatic carbocycles. The standard InChI is InChI=1S/C21H29NO4S/c1-6-19(21(23)26-5)20-14-22(13-17(20)10-7-15(2)3)27(24,25)18-11-8-16(4)9-12-18/h6-12,15,17,19-20H,1,13-14H2,2-5H3/b10-7+/t17-,19-,20-/m0/s1. The predicted octanol–water partition coefficient (Wildman–Crippen LogP) is 3.42. The number of nitrogens with zero attached hydrogens (tertiary/aromatic N) is 1. The number of methoxy groups -OCH3 is 1. The summed E-state index contributed by atoms with van der Waals surface area (Å²) in [6.07, 6.45) is 5.64. The van der Waals surface area contributed by atoms with E-state index in [1.807, 2.05) is 13.0 Å². The van der Waals surface area contributed by atoms with Gasteiger partial charge in [0.2, 0.25) is 10.0 Å². The molecule has 1 fully saturated rings. The molecule has 0 radical (unpaired) electrons. The van der Waals surface area contributed by atoms with Crippen molar-refractivity contribution in [2.45, 2.75) is 25.7 Å². The SMILES string of the molecule is C=C[C@H](C(=O)OC)[C@H]1CN(S(=O)(=O)c2ccc(C)cc2)C[C@@H]1/C=C/C(C)C. The number of hydrogen-bond donors (Lipinski definition) is 0. The first kappa shape index (κ1) is 21.4. The minimum atomic E-state index is -3.62. The van der Waals surface area contributed by atoms with Crippen LogP contribution in [0.15, 0.2) is 54.0 Å². The average Bonchev–Trinajstić information content (AvgIpc) is 3.05. The van der Waals surface area contributed by atoms with Gasteiger partial charge in [-0.2, -0.15) is 4.31 Å². The Balaban J connectivity index is 2.36. The molecule has 1 aliphatic rings. The monoisotopic (exact) mass is 391 g/mol. The Morgan fingerprint density at radius 1 is 1.26 bits per heavy atom. The summed E-state index contributed by atoms with van der Waals surface area (Å²) in [6.45, 7) is 10.4. The smallest absolute Gasteiger partial charge is 0.312 e. The lowest BCUT2D eigenvalue weighted by Gasteiger charge is -2.22. The summed E-state index contributed by atoms with van der Waals surface area (Å²) in [5, 5.41) is 0. The molecule has 27 heavy (non-hydrogen) atoms. The van der Waals surface area contributed by atoms with Gasteiger partial charge in [0.1, 0.15) is 0 Å². The number of esters is 1. The van der Waals surface area contributed by atoms with Crippen LogP contribution in [-0.2, 0) is 19.6 Å². The number of carbonyl (C=O) groups is 1. The fourth-order valence-electron chi connectivity index (χ4n) is 3.40. The third kappa shape index (κ3) is 4.87. The molecular formula is C21H29NO4S. The first-order valence-electron chi connectivity index (χ1n) is 9.16. The van der Waals surface area contributed by atoms with Crippen LogP contribution in [-0.4, -0.2) is 38.9 Å². The molecule has 1 aromatic rings. The number of carbonyl (C=O) groups excluding carboxylic acids is 1. The third-order valence-electron chi connectivity index (χ3n) is 4.97. The summed E-state index contributed by atoms with van der Waals surface area (Å²) in [6, 6.07) is 6.83. The number of benzene rings is 1. The van der Waals surface area contributed by atoms with Crippen LogP contribution in [0.5, 0.6) is 0 Å². The molecule has 0 aromatic heterocycles. The molecule has 5 nitrogen and oxygen atoms in total. The maximum atomic E-state index is 13.1. The number of rotatable bonds is 7. The van der Waals surface area contributed by atoms with Gasteiger partial charge in [-0.25, -0.2) is 8.42 Å². The van der Waals surface area contributed by atoms with Gasteiger partial charge in [-0.05, 0) is 36.8 Å². The molecule has 0 saturated carbocycles. The molecule has 0 unspecified atom stereocenters. The molecule has 0 amide bonds. The molecule has 1 heterocycles. The van der Waals surface area contributed by atoms with E-state index in [-0.39, 0.29) is 29.2 Å². The van der Waals surface area contributed by atoms with E-state index in [9.17, 15) is 13.2 Å². The van der Waals surface area contributed by atoms with Gasteiger partial charge in [-0.3, -0.25) is 4.79 Å². The van der Waals surface area contributed by atoms with E-state index in [0.717, 1.165) is 5.56 Å². The van der Waals surface area contributed by atoms with Crippen LogP contribution >= 0.6 is 0 Å². The number of hydrogen-bond acceptors (Lipinski definition) is 4. The van der Waals surface area contributed by atoms with E-state index >= 15 is 0 Å². The van der Waals surface area contributed by atoms with Crippen molar-refractivity contribution in [1.82, 2.24) is 4.31 Å². The minimum Gasteiger partial charge on any atom is -0.469 e. The van der Waals surface area contributed by atoms with E-state index in [4.69, 9.17) is 4.74 Å². The lowest BCUT2D eigenvalue weighted by Crippen LogP contribution is -2.31. The van der Waals surface area contributed by atoms with Gasteiger partial charge >= 0.3 is 5.97 Å². The summed E-state index contributed by atoms with van der Waals surface area (Å²) in [7, 11) is -2.28. The quantitative estimate of drug-likeness (QED) is 0.528. The second-order valence-corrected chi connectivity index (χ2v) is 9.31. The molecule has 0 N–H and O–H groups in total. The molecule has 2 rings (SSSR count). The van der Waals surface area contributed by atoms with Crippen LogP contribution in [0, 0.1) is 30.6 Å². The Hall–Kier alpha value is -1.92. The lowest BCUT2D eigenvalue weighted by atomic mass is 9.83. The van der Waals surface area contributed by atoms with E-state index in [0.29, 0.717) is 12.5 Å². The first-order chi connectivity index (χ1) is 12.7. The first-order valence-corrected chi connectivity index (χ1v) is 10.6. The summed E-state index contributed by atoms with van der Waals surface area (Å²) in [5.74, 6) is -0.865. The van der Waals surface area contributed by atoms with Gasteiger partial charge in [-0.1, -0.05) is 49.8 Å². The fourth-order valence-corrected chi connectivity index (χ4v) is 4.92. The van der Waals surface area contributed by atoms with Gasteiger partial charge in [0, 0.05) is 13.1 Å². The Bertz CT molecular complexity index is 796. The van der Waals surface area contributed by atoms with E-state index in [1.54, 1.807) is 30.3 Å². The van der Waals surface area contributed by atoms with Crippen LogP contribution in [0.2, 0.25) is 0 Å². The summed E-state index contributed by atoms with van der Waals surface area (Å²) in [5.41, 5.74) is 1.00. The highest BCUT2D eigenvalue weighted by atomic mass is 32.2. The van der Waals surface area contributed by atoms with Crippen molar-refractivity contribution in [2.75, 3.05) is 20.2 Å². The molecule has 1 aromatic carbocycles. The van der Waals surface area contributed by atoms with Crippen molar-refractivity contribution in [3.8, 4) is 0 Å². The van der Waals surface area contributed by atoms with Crippen molar-refractivity contribution < 1.29 is 17.9 Å². The van der Waals surface area contributed by atoms with E-state index < -0.39 is 15.9 Å². The zero-order valence-electron chi connectivity index (χ0n) is 16.5. The van der Waals surface area contributed by atoms with Crippen LogP contribution in [0.25, 0.3) is 0 Å². The van der Waals surface area contributed by atoms with Crippen molar-refractivity contribution in [3.05, 3.63) is 54.6 Å². The van der Waals surface area contributed by atoms with Gasteiger partial charge < -0.3 is 4.74 Å². The third-order valence-corrected chi connectivity index (χ3v) is 6.82. The predicted molar refractivity (Wildman–Crippen MR) is 107 cm³/mol. The lowest BCUT2D eigenvalue weighted by molar-refractivity contribution is -0.145. The second-order valence-electron chi connectivity index (χ2n) is 7.38. The van der Waals surface area contributed by atoms with Gasteiger partial charge in [-0.15, -0.1) is 6.58 Å². The topological polar surface area (TPSA) is 63.7 Å². The summed E-state index contributed by atoms with van der Waals surface area (Å²) < 4.78 is 32.5. The summed E-state index contributed by atoms with van der Waals surface area (Å²) >= 11 is 0. The Kier molecular flexibility index (Phi) is 7.00. The van der Waals surface area contributed by atoms with E-state index in [2.05, 4.69) is 26.5 Å². The van der Waals surface area contributed by atoms with E-state index in [1.165, 1.54) is 11.4 Å². The molecule has 1 aliphatic heterocycles. The molecule has 148 valence electrons. The fraction of sp³-hybridized carbons (Fsp3) is 0.476. The Labute approximate surface area is 162 Å². The van der Waals surface area contributed by atoms with Crippen molar-refractivity contribution >= 4 is 16.0 Å². The maximum Gasteiger partial charge on any atom is 0.312 e. The highest BCUT2D eigenvalue weighted by molar-refractivity contribution is 7.89. The highest BCUT2D eigenvalue weighted by Gasteiger charge is 2.43. The second kappa shape index (κ2) is 8.85. The van der Waals surface area contributed by atoms with Crippen LogP contribution in [0.1, 0.15) is 19.4 Å². The Morgan fingerprint density at radius 2 is 1.89 bits per heavy atom. The van der Waals surface area contributed by atoms with Crippen molar-refractivity contribution in [2.24, 2.45) is 23.7 Å². The normalized spacial score (nSPS) is 22.3. The van der Waals surface area contributed by atoms with Crippen LogP contribution in [0.3, 0.4) is 0 Å².